The predicted molar refractivity (Wildman–Crippen MR) is 32.6 cm³/mol. The second kappa shape index (κ2) is 6.92. The fraction of sp³-hybridized carbons (Fsp3) is 1.00. The zero-order chi connectivity index (χ0) is 6.95. The third-order valence-electron chi connectivity index (χ3n) is 1.05. The molecule has 0 aromatic carbocycles. The second-order valence-electron chi connectivity index (χ2n) is 1.84. The minimum absolute atomic E-state index is 0.279. The maximum absolute atomic E-state index is 8.35. The van der Waals surface area contributed by atoms with Gasteiger partial charge in [0.15, 0.2) is 0 Å². The van der Waals surface area contributed by atoms with Crippen molar-refractivity contribution in [3.8, 4) is 0 Å². The number of unbranched alkanes of at least 4 members (excludes halogenated alkanes) is 3. The molecule has 0 radical (unpaired) electrons. The molecule has 0 aliphatic heterocycles. The lowest BCUT2D eigenvalue weighted by Gasteiger charge is -1.93. The molecule has 0 aliphatic carbocycles. The standard InChI is InChI=1S/C6H14O2/c7-5-3-1-2-4-6-8/h7-8H,1-6H2/i7D. The van der Waals surface area contributed by atoms with Gasteiger partial charge >= 0.3 is 0 Å². The van der Waals surface area contributed by atoms with Gasteiger partial charge in [0.05, 0.1) is 0 Å². The Morgan fingerprint density at radius 1 is 1.00 bits per heavy atom. The number of rotatable bonds is 6. The number of hydrogen-bond acceptors (Lipinski definition) is 2. The van der Waals surface area contributed by atoms with Crippen molar-refractivity contribution >= 4 is 0 Å². The van der Waals surface area contributed by atoms with Gasteiger partial charge in [-0.3, -0.25) is 0 Å². The van der Waals surface area contributed by atoms with Crippen LogP contribution in [0.25, 0.3) is 0 Å². The first-order valence-electron chi connectivity index (χ1n) is 3.51. The summed E-state index contributed by atoms with van der Waals surface area (Å²) in [6, 6.07) is 0. The second-order valence-corrected chi connectivity index (χ2v) is 1.84. The Morgan fingerprint density at radius 3 is 2.12 bits per heavy atom. The highest BCUT2D eigenvalue weighted by molar-refractivity contribution is 4.39. The van der Waals surface area contributed by atoms with E-state index in [2.05, 4.69) is 5.11 Å². The van der Waals surface area contributed by atoms with Crippen LogP contribution in [0.3, 0.4) is 0 Å². The van der Waals surface area contributed by atoms with E-state index in [1.807, 2.05) is 0 Å². The van der Waals surface area contributed by atoms with E-state index in [0.717, 1.165) is 25.7 Å². The summed E-state index contributed by atoms with van der Waals surface area (Å²) in [6.45, 7) is 0.799. The van der Waals surface area contributed by atoms with Crippen LogP contribution in [-0.2, 0) is 0 Å². The molecule has 0 unspecified atom stereocenters. The molecule has 0 aromatic heterocycles. The highest BCUT2D eigenvalue weighted by Crippen LogP contribution is 1.96. The summed E-state index contributed by atoms with van der Waals surface area (Å²) >= 11 is 0. The van der Waals surface area contributed by atoms with Gasteiger partial charge in [-0.1, -0.05) is 12.8 Å². The Kier molecular flexibility index (Phi) is 5.23. The molecule has 0 bridgehead atoms. The first-order chi connectivity index (χ1) is 4.41. The van der Waals surface area contributed by atoms with Crippen molar-refractivity contribution in [2.75, 3.05) is 13.2 Å². The summed E-state index contributed by atoms with van der Waals surface area (Å²) in [4.78, 5) is 0. The van der Waals surface area contributed by atoms with Gasteiger partial charge in [-0.2, -0.15) is 0 Å². The van der Waals surface area contributed by atoms with E-state index >= 15 is 0 Å². The number of hydrogen-bond donors (Lipinski definition) is 2. The molecule has 8 heavy (non-hydrogen) atoms. The van der Waals surface area contributed by atoms with Crippen LogP contribution < -0.4 is 0 Å². The summed E-state index contributed by atoms with van der Waals surface area (Å²) in [6.07, 6.45) is 3.90. The summed E-state index contributed by atoms with van der Waals surface area (Å²) in [7, 11) is 0. The van der Waals surface area contributed by atoms with Gasteiger partial charge in [-0.25, -0.2) is 0 Å². The monoisotopic (exact) mass is 119 g/mol. The van der Waals surface area contributed by atoms with Gasteiger partial charge in [0, 0.05) is 13.2 Å². The summed E-state index contributed by atoms with van der Waals surface area (Å²) in [5, 5.41) is 12.5. The highest BCUT2D eigenvalue weighted by atomic mass is 16.3. The van der Waals surface area contributed by atoms with Crippen LogP contribution in [-0.4, -0.2) is 24.9 Å². The van der Waals surface area contributed by atoms with Crippen LogP contribution in [0.2, 0.25) is 0 Å². The van der Waals surface area contributed by atoms with Gasteiger partial charge < -0.3 is 10.2 Å². The van der Waals surface area contributed by atoms with Crippen molar-refractivity contribution in [2.45, 2.75) is 25.7 Å². The first kappa shape index (κ1) is 6.05. The van der Waals surface area contributed by atoms with Gasteiger partial charge in [-0.15, -0.1) is 0 Å². The van der Waals surface area contributed by atoms with Crippen molar-refractivity contribution in [1.29, 1.82) is 1.43 Å². The normalized spacial score (nSPS) is 11.4. The van der Waals surface area contributed by atoms with E-state index < -0.39 is 0 Å². The van der Waals surface area contributed by atoms with Crippen molar-refractivity contribution in [3.63, 3.8) is 0 Å². The molecule has 0 aromatic rings. The van der Waals surface area contributed by atoms with Crippen molar-refractivity contribution in [3.05, 3.63) is 0 Å². The summed E-state index contributed by atoms with van der Waals surface area (Å²) in [5.74, 6) is 0. The number of aliphatic hydroxyl groups is 2. The van der Waals surface area contributed by atoms with Crippen LogP contribution in [0.15, 0.2) is 0 Å². The van der Waals surface area contributed by atoms with Gasteiger partial charge in [0.25, 0.3) is 0 Å². The minimum atomic E-state index is 0.279. The summed E-state index contributed by atoms with van der Waals surface area (Å²) < 4.78 is 6.33. The molecule has 0 atom stereocenters. The van der Waals surface area contributed by atoms with Crippen LogP contribution in [0.1, 0.15) is 25.7 Å². The molecular formula is C6H14O2. The maximum atomic E-state index is 8.35. The molecule has 0 heterocycles. The highest BCUT2D eigenvalue weighted by Gasteiger charge is 1.84. The Morgan fingerprint density at radius 2 is 1.62 bits per heavy atom. The van der Waals surface area contributed by atoms with Crippen molar-refractivity contribution in [2.24, 2.45) is 0 Å². The first-order valence-corrected chi connectivity index (χ1v) is 3.10. The van der Waals surface area contributed by atoms with E-state index in [0.29, 0.717) is 6.61 Å². The van der Waals surface area contributed by atoms with E-state index in [4.69, 9.17) is 6.54 Å². The average molecular weight is 119 g/mol. The lowest BCUT2D eigenvalue weighted by atomic mass is 10.2. The Balaban J connectivity index is 2.60. The lowest BCUT2D eigenvalue weighted by molar-refractivity contribution is 0.265. The molecule has 2 heteroatoms. The van der Waals surface area contributed by atoms with Gasteiger partial charge in [0.2, 0.25) is 1.43 Å². The van der Waals surface area contributed by atoms with E-state index in [-0.39, 0.29) is 6.61 Å². The molecule has 0 aliphatic rings. The third-order valence-corrected chi connectivity index (χ3v) is 1.05. The van der Waals surface area contributed by atoms with Crippen molar-refractivity contribution < 1.29 is 10.2 Å². The number of aliphatic hydroxyl groups excluding tert-OH is 2. The third kappa shape index (κ3) is 5.92. The SMILES string of the molecule is [2H]OCCCCCCO. The zero-order valence-corrected chi connectivity index (χ0v) is 5.10. The molecule has 2 N–H and O–H groups in total. The Labute approximate surface area is 51.6 Å². The fourth-order valence-electron chi connectivity index (χ4n) is 0.567. The van der Waals surface area contributed by atoms with Gasteiger partial charge in [-0.05, 0) is 12.8 Å². The lowest BCUT2D eigenvalue weighted by Crippen LogP contribution is -1.85. The average Bonchev–Trinajstić information content (AvgIpc) is 1.89. The maximum Gasteiger partial charge on any atom is 0.210 e. The van der Waals surface area contributed by atoms with Crippen molar-refractivity contribution in [1.82, 2.24) is 0 Å². The Hall–Kier alpha value is -0.0800. The van der Waals surface area contributed by atoms with Gasteiger partial charge in [0.1, 0.15) is 0 Å². The molecule has 0 amide bonds. The molecule has 50 valence electrons. The van der Waals surface area contributed by atoms with E-state index in [9.17, 15) is 0 Å². The molecule has 2 nitrogen and oxygen atoms in total. The Bertz CT molecular complexity index is 44.3. The van der Waals surface area contributed by atoms with Crippen LogP contribution >= 0.6 is 0 Å². The molecule has 0 fully saturated rings. The smallest absolute Gasteiger partial charge is 0.210 e. The fourth-order valence-corrected chi connectivity index (χ4v) is 0.567. The van der Waals surface area contributed by atoms with Crippen LogP contribution in [0, 0.1) is 0 Å². The quantitative estimate of drug-likeness (QED) is 0.501. The van der Waals surface area contributed by atoms with Crippen LogP contribution in [0.5, 0.6) is 0 Å². The molecular weight excluding hydrogens is 104 g/mol. The molecule has 0 rings (SSSR count). The molecule has 0 spiro atoms. The largest absolute Gasteiger partial charge is 0.396 e. The van der Waals surface area contributed by atoms with Crippen LogP contribution in [0.4, 0.5) is 0 Å². The topological polar surface area (TPSA) is 40.5 Å². The van der Waals surface area contributed by atoms with E-state index in [1.165, 1.54) is 0 Å². The van der Waals surface area contributed by atoms with E-state index in [1.54, 1.807) is 0 Å². The molecule has 0 saturated carbocycles. The molecule has 0 saturated heterocycles. The zero-order valence-electron chi connectivity index (χ0n) is 6.10. The summed E-state index contributed by atoms with van der Waals surface area (Å²) in [5.41, 5.74) is 0. The minimum Gasteiger partial charge on any atom is -0.396 e. The predicted octanol–water partition coefficient (Wildman–Crippen LogP) is 0.531.